The van der Waals surface area contributed by atoms with E-state index >= 15 is 0 Å². The highest BCUT2D eigenvalue weighted by atomic mass is 79.9. The molecule has 2 aromatic rings. The van der Waals surface area contributed by atoms with E-state index in [1.165, 1.54) is 11.1 Å². The number of nitrogens with zero attached hydrogens (tertiary/aromatic N) is 2. The highest BCUT2D eigenvalue weighted by molar-refractivity contribution is 9.10. The Morgan fingerprint density at radius 2 is 1.86 bits per heavy atom. The molecule has 0 aliphatic carbocycles. The van der Waals surface area contributed by atoms with Gasteiger partial charge in [0.25, 0.3) is 0 Å². The lowest BCUT2D eigenvalue weighted by Crippen LogP contribution is -2.48. The molecule has 1 atom stereocenters. The summed E-state index contributed by atoms with van der Waals surface area (Å²) in [6.45, 7) is 4.15. The largest absolute Gasteiger partial charge is 0.467 e. The summed E-state index contributed by atoms with van der Waals surface area (Å²) in [4.78, 5) is 0. The normalized spacial score (nSPS) is 21.7. The van der Waals surface area contributed by atoms with Gasteiger partial charge in [-0.1, -0.05) is 46.3 Å². The summed E-state index contributed by atoms with van der Waals surface area (Å²) < 4.78 is 7.23. The van der Waals surface area contributed by atoms with Crippen LogP contribution in [0.1, 0.15) is 37.4 Å². The fraction of sp³-hybridized carbons (Fsp3) is 0.278. The van der Waals surface area contributed by atoms with Gasteiger partial charge in [0.15, 0.2) is 5.72 Å². The van der Waals surface area contributed by atoms with Gasteiger partial charge in [-0.05, 0) is 37.6 Å². The number of ether oxygens (including phenoxy) is 1. The Balaban J connectivity index is 1.76. The molecule has 0 fully saturated rings. The predicted molar refractivity (Wildman–Crippen MR) is 91.0 cm³/mol. The maximum Gasteiger partial charge on any atom is 0.192 e. The Morgan fingerprint density at radius 3 is 2.64 bits per heavy atom. The van der Waals surface area contributed by atoms with Gasteiger partial charge in [0, 0.05) is 16.5 Å². The first-order chi connectivity index (χ1) is 10.5. The first-order valence-electron chi connectivity index (χ1n) is 7.45. The highest BCUT2D eigenvalue weighted by Crippen LogP contribution is 2.46. The molecule has 3 nitrogen and oxygen atoms in total. The van der Waals surface area contributed by atoms with Crippen LogP contribution in [0.3, 0.4) is 0 Å². The fourth-order valence-electron chi connectivity index (χ4n) is 3.23. The predicted octanol–water partition coefficient (Wildman–Crippen LogP) is 4.73. The molecule has 1 unspecified atom stereocenters. The summed E-state index contributed by atoms with van der Waals surface area (Å²) in [6.07, 6.45) is 0.908. The molecule has 4 rings (SSSR count). The first kappa shape index (κ1) is 13.8. The standard InChI is InChI=1S/C18H17BrN2O/c1-18(2)21-16(14-5-3-4-6-17(14)22-18)11-15(20-21)12-7-9-13(19)10-8-12/h3-10,16H,11H2,1-2H3. The van der Waals surface area contributed by atoms with Gasteiger partial charge in [-0.3, -0.25) is 0 Å². The number of halogens is 1. The molecule has 0 saturated carbocycles. The Bertz CT molecular complexity index is 752. The molecule has 2 aliphatic heterocycles. The van der Waals surface area contributed by atoms with Gasteiger partial charge in [-0.15, -0.1) is 0 Å². The van der Waals surface area contributed by atoms with Crippen molar-refractivity contribution in [3.63, 3.8) is 0 Å². The van der Waals surface area contributed by atoms with Crippen LogP contribution in [0.2, 0.25) is 0 Å². The second-order valence-electron chi connectivity index (χ2n) is 6.20. The van der Waals surface area contributed by atoms with Crippen LogP contribution in [0, 0.1) is 0 Å². The molecule has 22 heavy (non-hydrogen) atoms. The molecular formula is C18H17BrN2O. The molecule has 0 saturated heterocycles. The van der Waals surface area contributed by atoms with Crippen molar-refractivity contribution in [1.29, 1.82) is 0 Å². The SMILES string of the molecule is CC1(C)Oc2ccccc2C2CC(c3ccc(Br)cc3)=NN21. The molecule has 0 aromatic heterocycles. The lowest BCUT2D eigenvalue weighted by molar-refractivity contribution is -0.0911. The number of hydrazone groups is 1. The minimum Gasteiger partial charge on any atom is -0.467 e. The third-order valence-corrected chi connectivity index (χ3v) is 4.81. The Morgan fingerprint density at radius 1 is 1.14 bits per heavy atom. The number of hydrogen-bond donors (Lipinski definition) is 0. The lowest BCUT2D eigenvalue weighted by Gasteiger charge is -2.43. The summed E-state index contributed by atoms with van der Waals surface area (Å²) >= 11 is 3.48. The van der Waals surface area contributed by atoms with Crippen molar-refractivity contribution in [2.75, 3.05) is 0 Å². The van der Waals surface area contributed by atoms with Gasteiger partial charge in [-0.25, -0.2) is 5.01 Å². The number of fused-ring (bicyclic) bond motifs is 3. The zero-order valence-electron chi connectivity index (χ0n) is 12.6. The molecule has 2 aliphatic rings. The van der Waals surface area contributed by atoms with Crippen LogP contribution in [-0.4, -0.2) is 16.4 Å². The van der Waals surface area contributed by atoms with E-state index in [0.29, 0.717) is 0 Å². The number of benzene rings is 2. The molecule has 112 valence electrons. The molecule has 0 N–H and O–H groups in total. The van der Waals surface area contributed by atoms with Crippen LogP contribution in [0.4, 0.5) is 0 Å². The Labute approximate surface area is 138 Å². The second kappa shape index (κ2) is 4.85. The van der Waals surface area contributed by atoms with Crippen molar-refractivity contribution in [3.8, 4) is 5.75 Å². The maximum absolute atomic E-state index is 6.15. The Hall–Kier alpha value is -1.81. The topological polar surface area (TPSA) is 24.8 Å². The molecule has 0 bridgehead atoms. The van der Waals surface area contributed by atoms with E-state index in [9.17, 15) is 0 Å². The van der Waals surface area contributed by atoms with Gasteiger partial charge in [0.1, 0.15) is 5.75 Å². The first-order valence-corrected chi connectivity index (χ1v) is 8.24. The van der Waals surface area contributed by atoms with E-state index in [2.05, 4.69) is 71.2 Å². The van der Waals surface area contributed by atoms with Crippen LogP contribution < -0.4 is 4.74 Å². The van der Waals surface area contributed by atoms with Gasteiger partial charge < -0.3 is 4.74 Å². The summed E-state index contributed by atoms with van der Waals surface area (Å²) in [5.74, 6) is 0.973. The van der Waals surface area contributed by atoms with Crippen molar-refractivity contribution in [2.24, 2.45) is 5.10 Å². The van der Waals surface area contributed by atoms with E-state index in [0.717, 1.165) is 22.4 Å². The van der Waals surface area contributed by atoms with Crippen LogP contribution in [-0.2, 0) is 0 Å². The van der Waals surface area contributed by atoms with Crippen molar-refractivity contribution >= 4 is 21.6 Å². The van der Waals surface area contributed by atoms with Gasteiger partial charge >= 0.3 is 0 Å². The smallest absolute Gasteiger partial charge is 0.192 e. The number of para-hydroxylation sites is 1. The number of rotatable bonds is 1. The third kappa shape index (κ3) is 2.13. The van der Waals surface area contributed by atoms with Crippen LogP contribution in [0.5, 0.6) is 5.75 Å². The van der Waals surface area contributed by atoms with Gasteiger partial charge in [0.2, 0.25) is 0 Å². The van der Waals surface area contributed by atoms with E-state index in [1.807, 2.05) is 12.1 Å². The summed E-state index contributed by atoms with van der Waals surface area (Å²) in [5, 5.41) is 6.98. The van der Waals surface area contributed by atoms with Crippen molar-refractivity contribution in [3.05, 3.63) is 64.1 Å². The van der Waals surface area contributed by atoms with E-state index in [-0.39, 0.29) is 6.04 Å². The van der Waals surface area contributed by atoms with Crippen LogP contribution >= 0.6 is 15.9 Å². The number of hydrogen-bond acceptors (Lipinski definition) is 3. The fourth-order valence-corrected chi connectivity index (χ4v) is 3.49. The van der Waals surface area contributed by atoms with Crippen molar-refractivity contribution in [2.45, 2.75) is 32.0 Å². The van der Waals surface area contributed by atoms with E-state index in [4.69, 9.17) is 9.84 Å². The quantitative estimate of drug-likeness (QED) is 0.737. The van der Waals surface area contributed by atoms with Crippen LogP contribution in [0.15, 0.2) is 58.1 Å². The minimum absolute atomic E-state index is 0.249. The van der Waals surface area contributed by atoms with E-state index < -0.39 is 5.72 Å². The van der Waals surface area contributed by atoms with Crippen molar-refractivity contribution in [1.82, 2.24) is 5.01 Å². The average molecular weight is 357 g/mol. The van der Waals surface area contributed by atoms with Gasteiger partial charge in [-0.2, -0.15) is 5.10 Å². The molecule has 0 radical (unpaired) electrons. The molecule has 0 spiro atoms. The zero-order valence-corrected chi connectivity index (χ0v) is 14.2. The summed E-state index contributed by atoms with van der Waals surface area (Å²) in [6, 6.07) is 16.9. The zero-order chi connectivity index (χ0) is 15.3. The monoisotopic (exact) mass is 356 g/mol. The van der Waals surface area contributed by atoms with Crippen molar-refractivity contribution < 1.29 is 4.74 Å². The minimum atomic E-state index is -0.434. The average Bonchev–Trinajstić information content (AvgIpc) is 2.94. The molecule has 4 heteroatoms. The molecule has 2 heterocycles. The molecular weight excluding hydrogens is 340 g/mol. The van der Waals surface area contributed by atoms with E-state index in [1.54, 1.807) is 0 Å². The van der Waals surface area contributed by atoms with Gasteiger partial charge in [0.05, 0.1) is 11.8 Å². The summed E-state index contributed by atoms with van der Waals surface area (Å²) in [7, 11) is 0. The Kier molecular flexibility index (Phi) is 3.05. The second-order valence-corrected chi connectivity index (χ2v) is 7.12. The lowest BCUT2D eigenvalue weighted by atomic mass is 9.95. The molecule has 0 amide bonds. The summed E-state index contributed by atoms with van der Waals surface area (Å²) in [5.41, 5.74) is 3.07. The highest BCUT2D eigenvalue weighted by Gasteiger charge is 2.44. The maximum atomic E-state index is 6.15. The molecule has 2 aromatic carbocycles. The van der Waals surface area contributed by atoms with Crippen LogP contribution in [0.25, 0.3) is 0 Å². The third-order valence-electron chi connectivity index (χ3n) is 4.28.